The molecule has 4 nitrogen and oxygen atoms in total. The van der Waals surface area contributed by atoms with Crippen molar-refractivity contribution < 1.29 is 14.6 Å². The third-order valence-corrected chi connectivity index (χ3v) is 3.21. The van der Waals surface area contributed by atoms with Crippen molar-refractivity contribution in [2.24, 2.45) is 0 Å². The number of rotatable bonds is 2. The summed E-state index contributed by atoms with van der Waals surface area (Å²) in [6.07, 6.45) is 6.81. The second-order valence-corrected chi connectivity index (χ2v) is 6.09. The van der Waals surface area contributed by atoms with Crippen LogP contribution in [0.1, 0.15) is 39.2 Å². The fraction of sp³-hybridized carbons (Fsp3) is 0.438. The molecule has 1 aliphatic carbocycles. The maximum Gasteiger partial charge on any atom is 0.412 e. The first-order valence-electron chi connectivity index (χ1n) is 6.57. The molecule has 1 aromatic carbocycles. The van der Waals surface area contributed by atoms with Crippen molar-refractivity contribution >= 4 is 11.8 Å². The van der Waals surface area contributed by atoms with Gasteiger partial charge in [-0.25, -0.2) is 4.79 Å². The number of amides is 1. The molecule has 2 N–H and O–H groups in total. The second kappa shape index (κ2) is 4.75. The Labute approximate surface area is 119 Å². The summed E-state index contributed by atoms with van der Waals surface area (Å²) in [6.45, 7) is 5.33. The summed E-state index contributed by atoms with van der Waals surface area (Å²) >= 11 is 0. The highest BCUT2D eigenvalue weighted by Crippen LogP contribution is 2.48. The fourth-order valence-corrected chi connectivity index (χ4v) is 1.99. The van der Waals surface area contributed by atoms with Crippen LogP contribution >= 0.6 is 0 Å². The highest BCUT2D eigenvalue weighted by Gasteiger charge is 2.42. The molecule has 2 rings (SSSR count). The standard InChI is InChI=1S/C16H19NO3/c1-5-16(8-9-16)11-6-7-13(18)12(10-11)17-14(19)20-15(2,3)4/h1,6-7,10,18H,8-9H2,2-4H3,(H,17,19). The topological polar surface area (TPSA) is 58.6 Å². The van der Waals surface area contributed by atoms with Crippen LogP contribution in [0.4, 0.5) is 10.5 Å². The zero-order valence-corrected chi connectivity index (χ0v) is 12.0. The van der Waals surface area contributed by atoms with Gasteiger partial charge in [0.15, 0.2) is 0 Å². The minimum absolute atomic E-state index is 0.00701. The maximum absolute atomic E-state index is 11.7. The predicted molar refractivity (Wildman–Crippen MR) is 77.7 cm³/mol. The highest BCUT2D eigenvalue weighted by molar-refractivity contribution is 5.87. The molecule has 0 aromatic heterocycles. The molecule has 1 amide bonds. The van der Waals surface area contributed by atoms with E-state index in [0.29, 0.717) is 5.69 Å². The third kappa shape index (κ3) is 3.05. The normalized spacial score (nSPS) is 16.1. The summed E-state index contributed by atoms with van der Waals surface area (Å²) in [5.41, 5.74) is 0.424. The van der Waals surface area contributed by atoms with Crippen LogP contribution in [0.3, 0.4) is 0 Å². The molecular formula is C16H19NO3. The molecule has 0 saturated heterocycles. The minimum atomic E-state index is -0.601. The number of phenolic OH excluding ortho intramolecular Hbond substituents is 1. The van der Waals surface area contributed by atoms with Gasteiger partial charge in [0.25, 0.3) is 0 Å². The number of ether oxygens (including phenoxy) is 1. The van der Waals surface area contributed by atoms with Gasteiger partial charge in [0.1, 0.15) is 11.4 Å². The first-order valence-corrected chi connectivity index (χ1v) is 6.57. The van der Waals surface area contributed by atoms with E-state index >= 15 is 0 Å². The van der Waals surface area contributed by atoms with E-state index in [1.54, 1.807) is 39.0 Å². The summed E-state index contributed by atoms with van der Waals surface area (Å²) in [5.74, 6) is 2.77. The molecule has 4 heteroatoms. The van der Waals surface area contributed by atoms with Crippen LogP contribution in [0.25, 0.3) is 0 Å². The molecule has 0 atom stereocenters. The van der Waals surface area contributed by atoms with Gasteiger partial charge < -0.3 is 9.84 Å². The summed E-state index contributed by atoms with van der Waals surface area (Å²) in [6, 6.07) is 5.05. The highest BCUT2D eigenvalue weighted by atomic mass is 16.6. The van der Waals surface area contributed by atoms with Crippen LogP contribution in [0.2, 0.25) is 0 Å². The largest absolute Gasteiger partial charge is 0.506 e. The Kier molecular flexibility index (Phi) is 3.39. The SMILES string of the molecule is C#CC1(c2ccc(O)c(NC(=O)OC(C)(C)C)c2)CC1. The number of hydrogen-bond acceptors (Lipinski definition) is 3. The van der Waals surface area contributed by atoms with E-state index in [4.69, 9.17) is 11.2 Å². The van der Waals surface area contributed by atoms with E-state index in [9.17, 15) is 9.90 Å². The van der Waals surface area contributed by atoms with Gasteiger partial charge in [-0.2, -0.15) is 0 Å². The van der Waals surface area contributed by atoms with Gasteiger partial charge in [-0.15, -0.1) is 6.42 Å². The number of hydrogen-bond donors (Lipinski definition) is 2. The molecule has 1 aromatic rings. The first kappa shape index (κ1) is 14.3. The van der Waals surface area contributed by atoms with Crippen LogP contribution in [0.5, 0.6) is 5.75 Å². The van der Waals surface area contributed by atoms with Gasteiger partial charge in [-0.3, -0.25) is 5.32 Å². The molecular weight excluding hydrogens is 254 g/mol. The Morgan fingerprint density at radius 2 is 2.10 bits per heavy atom. The Bertz CT molecular complexity index is 574. The van der Waals surface area contributed by atoms with E-state index in [0.717, 1.165) is 18.4 Å². The lowest BCUT2D eigenvalue weighted by atomic mass is 9.96. The summed E-state index contributed by atoms with van der Waals surface area (Å²) in [5, 5.41) is 12.4. The van der Waals surface area contributed by atoms with Crippen LogP contribution in [0.15, 0.2) is 18.2 Å². The van der Waals surface area contributed by atoms with Gasteiger partial charge >= 0.3 is 6.09 Å². The van der Waals surface area contributed by atoms with Gasteiger partial charge in [-0.05, 0) is 51.3 Å². The van der Waals surface area contributed by atoms with E-state index in [2.05, 4.69) is 11.2 Å². The number of nitrogens with one attached hydrogen (secondary N) is 1. The van der Waals surface area contributed by atoms with Crippen LogP contribution in [-0.4, -0.2) is 16.8 Å². The van der Waals surface area contributed by atoms with Crippen LogP contribution in [-0.2, 0) is 10.2 Å². The van der Waals surface area contributed by atoms with Crippen molar-refractivity contribution in [2.75, 3.05) is 5.32 Å². The second-order valence-electron chi connectivity index (χ2n) is 6.09. The number of carbonyl (C=O) groups excluding carboxylic acids is 1. The number of phenols is 1. The molecule has 0 radical (unpaired) electrons. The van der Waals surface area contributed by atoms with E-state index < -0.39 is 11.7 Å². The van der Waals surface area contributed by atoms with Gasteiger partial charge in [-0.1, -0.05) is 12.0 Å². The molecule has 0 heterocycles. The van der Waals surface area contributed by atoms with Crippen LogP contribution in [0, 0.1) is 12.3 Å². The zero-order chi connectivity index (χ0) is 15.0. The van der Waals surface area contributed by atoms with Crippen molar-refractivity contribution in [3.05, 3.63) is 23.8 Å². The first-order chi connectivity index (χ1) is 9.26. The van der Waals surface area contributed by atoms with E-state index in [-0.39, 0.29) is 11.2 Å². The van der Waals surface area contributed by atoms with Gasteiger partial charge in [0.05, 0.1) is 11.1 Å². The smallest absolute Gasteiger partial charge is 0.412 e. The lowest BCUT2D eigenvalue weighted by Crippen LogP contribution is -2.27. The molecule has 106 valence electrons. The molecule has 0 unspecified atom stereocenters. The quantitative estimate of drug-likeness (QED) is 0.641. The van der Waals surface area contributed by atoms with Crippen molar-refractivity contribution in [3.8, 4) is 18.1 Å². The van der Waals surface area contributed by atoms with Crippen molar-refractivity contribution in [3.63, 3.8) is 0 Å². The summed E-state index contributed by atoms with van der Waals surface area (Å²) in [4.78, 5) is 11.7. The number of anilines is 1. The lowest BCUT2D eigenvalue weighted by Gasteiger charge is -2.20. The molecule has 20 heavy (non-hydrogen) atoms. The Balaban J connectivity index is 2.18. The monoisotopic (exact) mass is 273 g/mol. The molecule has 1 saturated carbocycles. The van der Waals surface area contributed by atoms with E-state index in [1.165, 1.54) is 0 Å². The average Bonchev–Trinajstić information content (AvgIpc) is 3.10. The Morgan fingerprint density at radius 1 is 1.45 bits per heavy atom. The number of aromatic hydroxyl groups is 1. The predicted octanol–water partition coefficient (Wildman–Crippen LogP) is 3.40. The zero-order valence-electron chi connectivity index (χ0n) is 12.0. The fourth-order valence-electron chi connectivity index (χ4n) is 1.99. The molecule has 0 spiro atoms. The molecule has 1 aliphatic rings. The van der Waals surface area contributed by atoms with Gasteiger partial charge in [0.2, 0.25) is 0 Å². The van der Waals surface area contributed by atoms with Crippen molar-refractivity contribution in [1.82, 2.24) is 0 Å². The maximum atomic E-state index is 11.7. The minimum Gasteiger partial charge on any atom is -0.506 e. The number of benzene rings is 1. The average molecular weight is 273 g/mol. The Hall–Kier alpha value is -2.15. The van der Waals surface area contributed by atoms with Crippen molar-refractivity contribution in [2.45, 2.75) is 44.6 Å². The van der Waals surface area contributed by atoms with Crippen LogP contribution < -0.4 is 5.32 Å². The summed E-state index contributed by atoms with van der Waals surface area (Å²) in [7, 11) is 0. The summed E-state index contributed by atoms with van der Waals surface area (Å²) < 4.78 is 5.16. The van der Waals surface area contributed by atoms with Crippen molar-refractivity contribution in [1.29, 1.82) is 0 Å². The van der Waals surface area contributed by atoms with Gasteiger partial charge in [0, 0.05) is 0 Å². The third-order valence-electron chi connectivity index (χ3n) is 3.21. The molecule has 0 aliphatic heterocycles. The molecule has 1 fully saturated rings. The Morgan fingerprint density at radius 3 is 2.60 bits per heavy atom. The molecule has 0 bridgehead atoms. The lowest BCUT2D eigenvalue weighted by molar-refractivity contribution is 0.0635. The number of terminal acetylenes is 1. The van der Waals surface area contributed by atoms with E-state index in [1.807, 2.05) is 0 Å². The number of carbonyl (C=O) groups is 1.